The molecule has 0 aromatic heterocycles. The Balaban J connectivity index is 4.11. The van der Waals surface area contributed by atoms with E-state index in [1.54, 1.807) is 0 Å². The predicted octanol–water partition coefficient (Wildman–Crippen LogP) is 19.3. The molecular weight excluding hydrogens is 990 g/mol. The van der Waals surface area contributed by atoms with Crippen molar-refractivity contribution in [3.05, 3.63) is 122 Å². The first-order valence-electron chi connectivity index (χ1n) is 31.2. The van der Waals surface area contributed by atoms with E-state index in [0.29, 0.717) is 17.4 Å². The van der Waals surface area contributed by atoms with E-state index < -0.39 is 32.5 Å². The Kier molecular flexibility index (Phi) is 55.4. The maximum Gasteiger partial charge on any atom is 0.306 e. The largest absolute Gasteiger partial charge is 0.756 e. The second-order valence-corrected chi connectivity index (χ2v) is 23.1. The highest BCUT2D eigenvalue weighted by Gasteiger charge is 2.21. The number of phosphoric ester groups is 1. The SMILES string of the molecule is CC/C=C\C/C=C\C/C=C\C/C=C\C/C=C\C/C=C\CCCCC(=O)OC(COC(=O)CCCCCCCCCCCCCCCCCCCCCC/C=C\C/C=C\C/C=C\C/C=C\CC)COP(=O)([O-])OCC[N+](C)(C)C. The summed E-state index contributed by atoms with van der Waals surface area (Å²) in [6, 6.07) is 0. The van der Waals surface area contributed by atoms with Gasteiger partial charge in [-0.1, -0.05) is 251 Å². The van der Waals surface area contributed by atoms with Gasteiger partial charge in [-0.15, -0.1) is 0 Å². The van der Waals surface area contributed by atoms with Gasteiger partial charge >= 0.3 is 11.9 Å². The second kappa shape index (κ2) is 58.1. The molecule has 0 radical (unpaired) electrons. The summed E-state index contributed by atoms with van der Waals surface area (Å²) in [5, 5.41) is 0. The van der Waals surface area contributed by atoms with Crippen LogP contribution in [0.15, 0.2) is 122 Å². The summed E-state index contributed by atoms with van der Waals surface area (Å²) in [6.45, 7) is 3.96. The Bertz CT molecular complexity index is 1730. The van der Waals surface area contributed by atoms with Crippen molar-refractivity contribution in [2.75, 3.05) is 47.5 Å². The molecule has 0 fully saturated rings. The highest BCUT2D eigenvalue weighted by Crippen LogP contribution is 2.38. The lowest BCUT2D eigenvalue weighted by Crippen LogP contribution is -2.37. The molecule has 2 unspecified atom stereocenters. The minimum absolute atomic E-state index is 0.0444. The average Bonchev–Trinajstić information content (AvgIpc) is 3.41. The molecule has 0 N–H and O–H groups in total. The first-order valence-corrected chi connectivity index (χ1v) is 32.7. The lowest BCUT2D eigenvalue weighted by Gasteiger charge is -2.28. The summed E-state index contributed by atoms with van der Waals surface area (Å²) >= 11 is 0. The van der Waals surface area contributed by atoms with Crippen molar-refractivity contribution in [3.8, 4) is 0 Å². The van der Waals surface area contributed by atoms with E-state index in [9.17, 15) is 19.0 Å². The number of nitrogens with zero attached hydrogens (tertiary/aromatic N) is 1. The number of rotatable bonds is 56. The zero-order valence-corrected chi connectivity index (χ0v) is 51.5. The molecule has 2 atom stereocenters. The van der Waals surface area contributed by atoms with Crippen LogP contribution in [0, 0.1) is 0 Å². The number of quaternary nitrogens is 1. The lowest BCUT2D eigenvalue weighted by molar-refractivity contribution is -0.870. The maximum atomic E-state index is 12.8. The molecule has 78 heavy (non-hydrogen) atoms. The highest BCUT2D eigenvalue weighted by atomic mass is 31.2. The number of esters is 2. The van der Waals surface area contributed by atoms with E-state index in [-0.39, 0.29) is 26.1 Å². The summed E-state index contributed by atoms with van der Waals surface area (Å²) in [4.78, 5) is 37.9. The van der Waals surface area contributed by atoms with Gasteiger partial charge in [0.25, 0.3) is 7.82 Å². The van der Waals surface area contributed by atoms with Crippen molar-refractivity contribution < 1.29 is 42.1 Å². The maximum absolute atomic E-state index is 12.8. The molecule has 0 aromatic rings. The molecule has 0 aliphatic rings. The number of carbonyl (C=O) groups excluding carboxylic acids is 2. The van der Waals surface area contributed by atoms with E-state index in [1.165, 1.54) is 116 Å². The van der Waals surface area contributed by atoms with Crippen molar-refractivity contribution in [2.24, 2.45) is 0 Å². The van der Waals surface area contributed by atoms with E-state index >= 15 is 0 Å². The molecule has 0 rings (SSSR count). The average molecular weight is 1110 g/mol. The number of likely N-dealkylation sites (N-methyl/N-ethyl adjacent to an activating group) is 1. The van der Waals surface area contributed by atoms with Crippen LogP contribution in [-0.4, -0.2) is 70.0 Å². The summed E-state index contributed by atoms with van der Waals surface area (Å²) < 4.78 is 34.1. The summed E-state index contributed by atoms with van der Waals surface area (Å²) in [7, 11) is 1.13. The monoisotopic (exact) mass is 1110 g/mol. The highest BCUT2D eigenvalue weighted by molar-refractivity contribution is 7.45. The van der Waals surface area contributed by atoms with Gasteiger partial charge in [-0.2, -0.15) is 0 Å². The van der Waals surface area contributed by atoms with Crippen LogP contribution < -0.4 is 4.89 Å². The Morgan fingerprint density at radius 1 is 0.397 bits per heavy atom. The minimum atomic E-state index is -4.66. The summed E-state index contributed by atoms with van der Waals surface area (Å²) in [5.41, 5.74) is 0. The Labute approximate surface area is 479 Å². The van der Waals surface area contributed by atoms with Crippen molar-refractivity contribution in [1.82, 2.24) is 0 Å². The van der Waals surface area contributed by atoms with Crippen LogP contribution in [0.25, 0.3) is 0 Å². The molecule has 0 spiro atoms. The van der Waals surface area contributed by atoms with Crippen LogP contribution in [0.1, 0.15) is 245 Å². The fourth-order valence-corrected chi connectivity index (χ4v) is 8.97. The van der Waals surface area contributed by atoms with E-state index in [2.05, 4.69) is 135 Å². The van der Waals surface area contributed by atoms with Crippen LogP contribution in [0.2, 0.25) is 0 Å². The van der Waals surface area contributed by atoms with Crippen molar-refractivity contribution in [2.45, 2.75) is 251 Å². The molecule has 0 heterocycles. The molecule has 0 aliphatic heterocycles. The normalized spacial score (nSPS) is 14.1. The predicted molar refractivity (Wildman–Crippen MR) is 332 cm³/mol. The van der Waals surface area contributed by atoms with Crippen molar-refractivity contribution in [1.29, 1.82) is 0 Å². The molecular formula is C68H116NO8P. The number of hydrogen-bond acceptors (Lipinski definition) is 8. The fraction of sp³-hybridized carbons (Fsp3) is 0.676. The number of ether oxygens (including phenoxy) is 2. The number of unbranched alkanes of at least 4 members (excludes halogenated alkanes) is 22. The molecule has 0 aliphatic carbocycles. The molecule has 10 heteroatoms. The number of hydrogen-bond donors (Lipinski definition) is 0. The van der Waals surface area contributed by atoms with E-state index in [0.717, 1.165) is 96.3 Å². The van der Waals surface area contributed by atoms with Gasteiger partial charge < -0.3 is 27.9 Å². The van der Waals surface area contributed by atoms with Crippen molar-refractivity contribution >= 4 is 19.8 Å². The van der Waals surface area contributed by atoms with Crippen LogP contribution >= 0.6 is 7.82 Å². The lowest BCUT2D eigenvalue weighted by atomic mass is 10.0. The van der Waals surface area contributed by atoms with Gasteiger partial charge in [0.05, 0.1) is 27.7 Å². The van der Waals surface area contributed by atoms with Gasteiger partial charge in [0.2, 0.25) is 0 Å². The van der Waals surface area contributed by atoms with Gasteiger partial charge in [0.15, 0.2) is 6.10 Å². The molecule has 9 nitrogen and oxygen atoms in total. The number of carbonyl (C=O) groups is 2. The molecule has 0 aromatic carbocycles. The Morgan fingerprint density at radius 2 is 0.692 bits per heavy atom. The van der Waals surface area contributed by atoms with Gasteiger partial charge in [0.1, 0.15) is 19.8 Å². The van der Waals surface area contributed by atoms with Crippen LogP contribution in [0.4, 0.5) is 0 Å². The molecule has 0 saturated carbocycles. The smallest absolute Gasteiger partial charge is 0.306 e. The van der Waals surface area contributed by atoms with Gasteiger partial charge in [0, 0.05) is 12.8 Å². The van der Waals surface area contributed by atoms with Gasteiger partial charge in [-0.3, -0.25) is 14.2 Å². The number of phosphoric acid groups is 1. The third-order valence-electron chi connectivity index (χ3n) is 13.0. The first-order chi connectivity index (χ1) is 38.0. The Morgan fingerprint density at radius 3 is 1.05 bits per heavy atom. The Hall–Kier alpha value is -3.59. The number of allylic oxidation sites excluding steroid dienone is 20. The topological polar surface area (TPSA) is 111 Å². The van der Waals surface area contributed by atoms with Crippen molar-refractivity contribution in [3.63, 3.8) is 0 Å². The van der Waals surface area contributed by atoms with Crippen LogP contribution in [-0.2, 0) is 32.7 Å². The standard InChI is InChI=1S/C68H116NO8P/c1-6-8-10-12-14-16-18-20-22-24-26-28-29-30-31-32-33-34-35-36-37-38-39-41-42-44-46-48-50-52-54-56-58-60-67(70)74-64-66(65-76-78(72,73)75-63-62-69(3,4)5)77-68(71)61-59-57-55-53-51-49-47-45-43-40-27-25-23-21-19-17-15-13-11-9-7-2/h8-11,14-17,20-23,26-28,40,45,47,51,53,66H,6-7,12-13,18-19,24-25,29-39,41-44,46,48-50,52,54-65H2,1-5H3/b10-8-,11-9-,16-14-,17-15-,22-20-,23-21-,28-26-,40-27-,47-45-,53-51-. The summed E-state index contributed by atoms with van der Waals surface area (Å²) in [5.74, 6) is -0.885. The quantitative estimate of drug-likeness (QED) is 0.0195. The molecule has 0 saturated heterocycles. The van der Waals surface area contributed by atoms with Crippen LogP contribution in [0.5, 0.6) is 0 Å². The second-order valence-electron chi connectivity index (χ2n) is 21.7. The minimum Gasteiger partial charge on any atom is -0.756 e. The third kappa shape index (κ3) is 61.6. The van der Waals surface area contributed by atoms with Crippen LogP contribution in [0.3, 0.4) is 0 Å². The third-order valence-corrected chi connectivity index (χ3v) is 13.9. The van der Waals surface area contributed by atoms with E-state index in [1.807, 2.05) is 21.1 Å². The van der Waals surface area contributed by atoms with Gasteiger partial charge in [-0.25, -0.2) is 0 Å². The molecule has 0 bridgehead atoms. The zero-order chi connectivity index (χ0) is 57.0. The van der Waals surface area contributed by atoms with Gasteiger partial charge in [-0.05, 0) is 103 Å². The zero-order valence-electron chi connectivity index (χ0n) is 50.6. The first kappa shape index (κ1) is 74.4. The molecule has 0 amide bonds. The molecule has 446 valence electrons. The fourth-order valence-electron chi connectivity index (χ4n) is 8.24. The summed E-state index contributed by atoms with van der Waals surface area (Å²) in [6.07, 6.45) is 82.7. The van der Waals surface area contributed by atoms with E-state index in [4.69, 9.17) is 18.5 Å².